The van der Waals surface area contributed by atoms with Crippen molar-refractivity contribution in [2.45, 2.75) is 0 Å². The monoisotopic (exact) mass is 325 g/mol. The van der Waals surface area contributed by atoms with Gasteiger partial charge in [-0.3, -0.25) is 0 Å². The van der Waals surface area contributed by atoms with Gasteiger partial charge in [0.05, 0.1) is 0 Å². The van der Waals surface area contributed by atoms with E-state index in [9.17, 15) is 0 Å². The second-order valence-corrected chi connectivity index (χ2v) is 0. The Morgan fingerprint density at radius 1 is 1.00 bits per heavy atom. The van der Waals surface area contributed by atoms with E-state index in [1.54, 1.807) is 0 Å². The summed E-state index contributed by atoms with van der Waals surface area (Å²) in [5.41, 5.74) is 0. The molecule has 17 valence electrons. The van der Waals surface area contributed by atoms with Gasteiger partial charge in [-0.05, 0) is 0 Å². The molecule has 0 aliphatic carbocycles. The van der Waals surface area contributed by atoms with Gasteiger partial charge >= 0.3 is 0 Å². The number of rotatable bonds is 0. The molecule has 0 aliphatic heterocycles. The summed E-state index contributed by atoms with van der Waals surface area (Å²) >= 11 is 0. The van der Waals surface area contributed by atoms with E-state index in [1.807, 2.05) is 0 Å². The molecule has 0 aromatic heterocycles. The second kappa shape index (κ2) is 16.1. The van der Waals surface area contributed by atoms with Gasteiger partial charge < -0.3 is 0 Å². The van der Waals surface area contributed by atoms with Gasteiger partial charge in [-0.1, -0.05) is 0 Å². The van der Waals surface area contributed by atoms with E-state index >= 15 is 0 Å². The largest absolute Gasteiger partial charge is 0 e. The molecule has 0 spiro atoms. The Morgan fingerprint density at radius 2 is 1.00 bits per heavy atom. The maximum absolute atomic E-state index is 0. The van der Waals surface area contributed by atoms with Crippen molar-refractivity contribution in [2.75, 3.05) is 0 Å². The Labute approximate surface area is 103 Å². The van der Waals surface area contributed by atoms with Crippen molar-refractivity contribution < 1.29 is 38.6 Å². The van der Waals surface area contributed by atoms with Gasteiger partial charge in [0.1, 0.15) is 0 Å². The van der Waals surface area contributed by atoms with Crippen molar-refractivity contribution in [3.05, 3.63) is 0 Å². The fraction of sp³-hybridized carbons (Fsp3) is 0. The van der Waals surface area contributed by atoms with Crippen LogP contribution in [0.2, 0.25) is 0 Å². The minimum absolute atomic E-state index is 0. The fourth-order valence-electron chi connectivity index (χ4n) is 0. The van der Waals surface area contributed by atoms with E-state index in [0.29, 0.717) is 0 Å². The van der Waals surface area contributed by atoms with Crippen LogP contribution in [0.15, 0.2) is 0 Å². The molecule has 9 radical (unpaired) electrons. The molecule has 0 aromatic rings. The van der Waals surface area contributed by atoms with Crippen molar-refractivity contribution in [2.24, 2.45) is 0 Å². The molecule has 0 saturated carbocycles. The van der Waals surface area contributed by atoms with Crippen LogP contribution in [0.1, 0.15) is 0 Å². The molecule has 0 N–H and O–H groups in total. The summed E-state index contributed by atoms with van der Waals surface area (Å²) in [4.78, 5) is 0. The molecule has 0 amide bonds. The first-order valence-corrected chi connectivity index (χ1v) is 0. The van der Waals surface area contributed by atoms with Crippen LogP contribution in [0, 0.1) is 38.6 Å². The summed E-state index contributed by atoms with van der Waals surface area (Å²) < 4.78 is 0. The van der Waals surface area contributed by atoms with Crippen molar-refractivity contribution in [3.8, 4) is 0 Å². The first-order valence-electron chi connectivity index (χ1n) is 0. The Kier molecular flexibility index (Phi) is 104. The van der Waals surface area contributed by atoms with Gasteiger partial charge in [-0.2, -0.15) is 0 Å². The van der Waals surface area contributed by atoms with Crippen LogP contribution in [-0.2, 0) is 0 Å². The summed E-state index contributed by atoms with van der Waals surface area (Å²) in [6.45, 7) is 0. The third kappa shape index (κ3) is 9.07. The molecule has 0 saturated heterocycles. The predicted molar refractivity (Wildman–Crippen MR) is 17.3 cm³/mol. The summed E-state index contributed by atoms with van der Waals surface area (Å²) in [7, 11) is 0. The molecule has 0 nitrogen and oxygen atoms in total. The average Bonchev–Trinajstić information content (AvgIpc) is 0. The minimum atomic E-state index is 0. The Bertz CT molecular complexity index is 8.00. The van der Waals surface area contributed by atoms with Crippen LogP contribution in [0.3, 0.4) is 0 Å². The summed E-state index contributed by atoms with van der Waals surface area (Å²) in [5, 5.41) is 0. The quantitative estimate of drug-likeness (QED) is 0.494. The van der Waals surface area contributed by atoms with Crippen LogP contribution in [0.4, 0.5) is 0 Å². The third-order valence-electron chi connectivity index (χ3n) is 0. The Hall–Kier alpha value is 3.46. The molecular formula is GaGeNaTb. The van der Waals surface area contributed by atoms with Gasteiger partial charge in [-0.15, -0.1) is 0 Å². The third-order valence-corrected chi connectivity index (χ3v) is 0. The predicted octanol–water partition coefficient (Wildman–Crippen LogP) is -1.14. The molecule has 0 unspecified atom stereocenters. The van der Waals surface area contributed by atoms with E-state index in [1.165, 1.54) is 0 Å². The maximum Gasteiger partial charge on any atom is 0 e. The zero-order valence-corrected chi connectivity index (χ0v) is 11.1. The molecule has 0 fully saturated rings. The summed E-state index contributed by atoms with van der Waals surface area (Å²) in [6, 6.07) is 0. The summed E-state index contributed by atoms with van der Waals surface area (Å²) in [5.74, 6) is 0. The van der Waals surface area contributed by atoms with Gasteiger partial charge in [-0.25, -0.2) is 0 Å². The van der Waals surface area contributed by atoms with E-state index in [2.05, 4.69) is 0 Å². The van der Waals surface area contributed by atoms with E-state index in [-0.39, 0.29) is 106 Å². The number of hydrogen-bond acceptors (Lipinski definition) is 0. The Morgan fingerprint density at radius 3 is 1.00 bits per heavy atom. The van der Waals surface area contributed by atoms with Crippen molar-refractivity contribution >= 4 is 66.9 Å². The zero-order valence-electron chi connectivity index (χ0n) is 2.41. The first kappa shape index (κ1) is 26.0. The average molecular weight is 324 g/mol. The van der Waals surface area contributed by atoms with Gasteiger partial charge in [0.2, 0.25) is 0 Å². The van der Waals surface area contributed by atoms with E-state index < -0.39 is 0 Å². The minimum Gasteiger partial charge on any atom is 0 e. The molecule has 0 heterocycles. The molecule has 4 heavy (non-hydrogen) atoms. The summed E-state index contributed by atoms with van der Waals surface area (Å²) in [6.07, 6.45) is 0. The van der Waals surface area contributed by atoms with Crippen LogP contribution in [0.25, 0.3) is 0 Å². The smallest absolute Gasteiger partial charge is 0 e. The van der Waals surface area contributed by atoms with Gasteiger partial charge in [0.25, 0.3) is 0 Å². The van der Waals surface area contributed by atoms with Crippen LogP contribution < -0.4 is 0 Å². The van der Waals surface area contributed by atoms with Gasteiger partial charge in [0, 0.05) is 106 Å². The van der Waals surface area contributed by atoms with Crippen LogP contribution >= 0.6 is 0 Å². The maximum atomic E-state index is 0. The Balaban J connectivity index is 0. The van der Waals surface area contributed by atoms with Crippen LogP contribution in [0.5, 0.6) is 0 Å². The van der Waals surface area contributed by atoms with Crippen LogP contribution in [-0.4, -0.2) is 66.9 Å². The van der Waals surface area contributed by atoms with E-state index in [0.717, 1.165) is 0 Å². The molecule has 0 rings (SSSR count). The van der Waals surface area contributed by atoms with E-state index in [4.69, 9.17) is 0 Å². The normalized spacial score (nSPS) is 0. The zero-order chi connectivity index (χ0) is 0. The molecule has 0 bridgehead atoms. The first-order chi connectivity index (χ1) is 0. The molecule has 0 aromatic carbocycles. The van der Waals surface area contributed by atoms with Crippen molar-refractivity contribution in [3.63, 3.8) is 0 Å². The van der Waals surface area contributed by atoms with Crippen molar-refractivity contribution in [1.82, 2.24) is 0 Å². The SMILES string of the molecule is [Ga].[Ge].[Na].[Tb]. The molecular weight excluding hydrogens is 324 g/mol. The van der Waals surface area contributed by atoms with Gasteiger partial charge in [0.15, 0.2) is 0 Å². The fourth-order valence-corrected chi connectivity index (χ4v) is 0. The number of hydrogen-bond donors (Lipinski definition) is 0. The molecule has 0 aliphatic rings. The topological polar surface area (TPSA) is 0 Å². The van der Waals surface area contributed by atoms with Crippen molar-refractivity contribution in [1.29, 1.82) is 0 Å². The standard InChI is InChI=1S/Ga.Ge.Na.Tb. The molecule has 4 heteroatoms. The molecule has 0 atom stereocenters. The second-order valence-electron chi connectivity index (χ2n) is 0.